The van der Waals surface area contributed by atoms with Gasteiger partial charge in [-0.15, -0.1) is 0 Å². The Morgan fingerprint density at radius 2 is 1.83 bits per heavy atom. The Morgan fingerprint density at radius 3 is 2.44 bits per heavy atom. The number of hydrogen-bond donors (Lipinski definition) is 1. The van der Waals surface area contributed by atoms with E-state index >= 15 is 0 Å². The van der Waals surface area contributed by atoms with Gasteiger partial charge in [-0.25, -0.2) is 0 Å². The van der Waals surface area contributed by atoms with Crippen molar-refractivity contribution in [2.24, 2.45) is 0 Å². The number of nitrogens with zero attached hydrogens (tertiary/aromatic N) is 5. The van der Waals surface area contributed by atoms with E-state index in [1.807, 2.05) is 31.1 Å². The maximum absolute atomic E-state index is 4.42. The van der Waals surface area contributed by atoms with Crippen LogP contribution in [0.3, 0.4) is 0 Å². The average molecular weight is 244 g/mol. The van der Waals surface area contributed by atoms with Gasteiger partial charge in [0.25, 0.3) is 0 Å². The van der Waals surface area contributed by atoms with E-state index in [1.54, 1.807) is 19.4 Å². The van der Waals surface area contributed by atoms with Crippen LogP contribution < -0.4 is 10.2 Å². The fourth-order valence-corrected chi connectivity index (χ4v) is 1.48. The lowest BCUT2D eigenvalue weighted by molar-refractivity contribution is 0.886. The maximum Gasteiger partial charge on any atom is 0.229 e. The molecule has 0 aliphatic carbocycles. The minimum atomic E-state index is 0.581. The maximum atomic E-state index is 4.42. The summed E-state index contributed by atoms with van der Waals surface area (Å²) >= 11 is 0. The fraction of sp³-hybridized carbons (Fsp3) is 0.333. The predicted molar refractivity (Wildman–Crippen MR) is 70.7 cm³/mol. The van der Waals surface area contributed by atoms with Crippen molar-refractivity contribution >= 4 is 11.9 Å². The summed E-state index contributed by atoms with van der Waals surface area (Å²) in [5.41, 5.74) is 1.13. The van der Waals surface area contributed by atoms with Crippen LogP contribution in [0.1, 0.15) is 11.4 Å². The molecule has 2 rings (SSSR count). The first kappa shape index (κ1) is 12.2. The lowest BCUT2D eigenvalue weighted by Crippen LogP contribution is -2.16. The molecule has 0 atom stereocenters. The minimum Gasteiger partial charge on any atom is -0.357 e. The van der Waals surface area contributed by atoms with Gasteiger partial charge in [0.2, 0.25) is 11.9 Å². The quantitative estimate of drug-likeness (QED) is 0.864. The Morgan fingerprint density at radius 1 is 1.11 bits per heavy atom. The zero-order chi connectivity index (χ0) is 13.0. The standard InChI is InChI=1S/C12H16N6/c1-13-11-15-10(16-12(17-11)18(2)3)8-9-4-6-14-7-5-9/h4-7H,8H2,1-3H3,(H,13,15,16,17). The van der Waals surface area contributed by atoms with Crippen LogP contribution in [0.2, 0.25) is 0 Å². The van der Waals surface area contributed by atoms with Crippen molar-refractivity contribution in [3.05, 3.63) is 35.9 Å². The molecule has 6 nitrogen and oxygen atoms in total. The molecule has 0 aliphatic rings. The Labute approximate surface area is 106 Å². The van der Waals surface area contributed by atoms with Gasteiger partial charge in [0, 0.05) is 40.0 Å². The smallest absolute Gasteiger partial charge is 0.229 e. The second kappa shape index (κ2) is 5.39. The van der Waals surface area contributed by atoms with Crippen LogP contribution in [-0.2, 0) is 6.42 Å². The third-order valence-electron chi connectivity index (χ3n) is 2.41. The Kier molecular flexibility index (Phi) is 3.66. The first-order valence-corrected chi connectivity index (χ1v) is 5.68. The van der Waals surface area contributed by atoms with Gasteiger partial charge in [-0.05, 0) is 17.7 Å². The molecule has 6 heteroatoms. The molecule has 0 bridgehead atoms. The van der Waals surface area contributed by atoms with E-state index in [2.05, 4.69) is 25.3 Å². The van der Waals surface area contributed by atoms with Gasteiger partial charge in [-0.3, -0.25) is 4.98 Å². The molecular formula is C12H16N6. The van der Waals surface area contributed by atoms with Gasteiger partial charge in [-0.1, -0.05) is 0 Å². The zero-order valence-electron chi connectivity index (χ0n) is 10.8. The summed E-state index contributed by atoms with van der Waals surface area (Å²) in [7, 11) is 5.61. The molecule has 0 spiro atoms. The van der Waals surface area contributed by atoms with E-state index in [0.717, 1.165) is 11.4 Å². The highest BCUT2D eigenvalue weighted by Gasteiger charge is 2.07. The van der Waals surface area contributed by atoms with Gasteiger partial charge in [0.15, 0.2) is 0 Å². The number of hydrogen-bond acceptors (Lipinski definition) is 6. The summed E-state index contributed by atoms with van der Waals surface area (Å²) < 4.78 is 0. The highest BCUT2D eigenvalue weighted by atomic mass is 15.3. The third-order valence-corrected chi connectivity index (χ3v) is 2.41. The number of aromatic nitrogens is 4. The van der Waals surface area contributed by atoms with Gasteiger partial charge in [0.1, 0.15) is 5.82 Å². The molecular weight excluding hydrogens is 228 g/mol. The van der Waals surface area contributed by atoms with Crippen molar-refractivity contribution in [2.75, 3.05) is 31.4 Å². The molecule has 0 fully saturated rings. The van der Waals surface area contributed by atoms with E-state index in [4.69, 9.17) is 0 Å². The van der Waals surface area contributed by atoms with Gasteiger partial charge in [0.05, 0.1) is 0 Å². The van der Waals surface area contributed by atoms with E-state index in [9.17, 15) is 0 Å². The first-order chi connectivity index (χ1) is 8.69. The summed E-state index contributed by atoms with van der Waals surface area (Å²) in [4.78, 5) is 18.9. The van der Waals surface area contributed by atoms with E-state index in [-0.39, 0.29) is 0 Å². The van der Waals surface area contributed by atoms with E-state index < -0.39 is 0 Å². The van der Waals surface area contributed by atoms with Crippen LogP contribution in [0.15, 0.2) is 24.5 Å². The second-order valence-electron chi connectivity index (χ2n) is 4.05. The van der Waals surface area contributed by atoms with Crippen molar-refractivity contribution in [1.82, 2.24) is 19.9 Å². The van der Waals surface area contributed by atoms with Crippen molar-refractivity contribution in [3.8, 4) is 0 Å². The number of rotatable bonds is 4. The van der Waals surface area contributed by atoms with Crippen molar-refractivity contribution in [3.63, 3.8) is 0 Å². The Bertz CT molecular complexity index is 511. The molecule has 0 saturated carbocycles. The Hall–Kier alpha value is -2.24. The zero-order valence-corrected chi connectivity index (χ0v) is 10.8. The van der Waals surface area contributed by atoms with Gasteiger partial charge >= 0.3 is 0 Å². The molecule has 0 radical (unpaired) electrons. The van der Waals surface area contributed by atoms with Crippen LogP contribution >= 0.6 is 0 Å². The average Bonchev–Trinajstić information content (AvgIpc) is 2.39. The molecule has 1 N–H and O–H groups in total. The highest BCUT2D eigenvalue weighted by molar-refractivity contribution is 5.36. The topological polar surface area (TPSA) is 66.8 Å². The molecule has 18 heavy (non-hydrogen) atoms. The van der Waals surface area contributed by atoms with Gasteiger partial charge in [-0.2, -0.15) is 15.0 Å². The van der Waals surface area contributed by atoms with Crippen molar-refractivity contribution < 1.29 is 0 Å². The predicted octanol–water partition coefficient (Wildman–Crippen LogP) is 0.965. The monoisotopic (exact) mass is 244 g/mol. The lowest BCUT2D eigenvalue weighted by Gasteiger charge is -2.12. The summed E-state index contributed by atoms with van der Waals surface area (Å²) in [6.45, 7) is 0. The molecule has 0 aromatic carbocycles. The van der Waals surface area contributed by atoms with Crippen LogP contribution in [-0.4, -0.2) is 41.1 Å². The molecule has 0 unspecified atom stereocenters. The molecule has 2 aromatic rings. The molecule has 0 aliphatic heterocycles. The largest absolute Gasteiger partial charge is 0.357 e. The summed E-state index contributed by atoms with van der Waals surface area (Å²) in [6, 6.07) is 3.91. The highest BCUT2D eigenvalue weighted by Crippen LogP contribution is 2.11. The van der Waals surface area contributed by atoms with Crippen LogP contribution in [0, 0.1) is 0 Å². The van der Waals surface area contributed by atoms with Crippen LogP contribution in [0.25, 0.3) is 0 Å². The summed E-state index contributed by atoms with van der Waals surface area (Å²) in [6.07, 6.45) is 4.20. The number of nitrogens with one attached hydrogen (secondary N) is 1. The number of pyridine rings is 1. The SMILES string of the molecule is CNc1nc(Cc2ccncc2)nc(N(C)C)n1. The summed E-state index contributed by atoms with van der Waals surface area (Å²) in [5.74, 6) is 1.97. The van der Waals surface area contributed by atoms with Crippen LogP contribution in [0.4, 0.5) is 11.9 Å². The molecule has 2 aromatic heterocycles. The van der Waals surface area contributed by atoms with Gasteiger partial charge < -0.3 is 10.2 Å². The molecule has 2 heterocycles. The Balaban J connectivity index is 2.30. The second-order valence-corrected chi connectivity index (χ2v) is 4.05. The van der Waals surface area contributed by atoms with Crippen molar-refractivity contribution in [2.45, 2.75) is 6.42 Å². The normalized spacial score (nSPS) is 10.2. The van der Waals surface area contributed by atoms with E-state index in [1.165, 1.54) is 0 Å². The molecule has 94 valence electrons. The van der Waals surface area contributed by atoms with Crippen LogP contribution in [0.5, 0.6) is 0 Å². The third kappa shape index (κ3) is 2.91. The molecule has 0 saturated heterocycles. The minimum absolute atomic E-state index is 0.581. The fourth-order valence-electron chi connectivity index (χ4n) is 1.48. The first-order valence-electron chi connectivity index (χ1n) is 5.68. The van der Waals surface area contributed by atoms with Crippen molar-refractivity contribution in [1.29, 1.82) is 0 Å². The molecule has 0 amide bonds. The van der Waals surface area contributed by atoms with E-state index in [0.29, 0.717) is 18.3 Å². The number of anilines is 2. The summed E-state index contributed by atoms with van der Waals surface area (Å²) in [5, 5.41) is 2.95. The lowest BCUT2D eigenvalue weighted by atomic mass is 10.2.